The number of Topliss-reactive ketones (excluding diaryl/α,β-unsaturated/α-hetero) is 1. The first-order chi connectivity index (χ1) is 13.1. The van der Waals surface area contributed by atoms with E-state index in [1.165, 1.54) is 0 Å². The number of carbonyl (C=O) groups is 2. The second-order valence-corrected chi connectivity index (χ2v) is 11.6. The number of sulfone groups is 1. The molecule has 2 heterocycles. The molecule has 3 aliphatic rings. The van der Waals surface area contributed by atoms with Crippen LogP contribution in [-0.4, -0.2) is 42.6 Å². The van der Waals surface area contributed by atoms with Crippen molar-refractivity contribution in [1.82, 2.24) is 10.3 Å². The summed E-state index contributed by atoms with van der Waals surface area (Å²) in [5, 5.41) is 3.80. The van der Waals surface area contributed by atoms with Crippen LogP contribution < -0.4 is 5.32 Å². The van der Waals surface area contributed by atoms with Gasteiger partial charge in [0.2, 0.25) is 0 Å². The first kappa shape index (κ1) is 17.9. The lowest BCUT2D eigenvalue weighted by Gasteiger charge is -2.34. The summed E-state index contributed by atoms with van der Waals surface area (Å²) in [4.78, 5) is 29.0. The highest BCUT2D eigenvalue weighted by atomic mass is 32.2. The standard InChI is InChI=1S/C21H24N2O4S/c1-20(2)11-21(6-7-21)16-14-9-12(3-4-15(14)23-17(16)18(20)24)19(25)22-13-5-8-28(26,27)10-13/h3-4,9,13,23H,5-8,10-11H2,1-2H3,(H,22,25). The van der Waals surface area contributed by atoms with Crippen LogP contribution in [0.2, 0.25) is 0 Å². The fraction of sp³-hybridized carbons (Fsp3) is 0.524. The van der Waals surface area contributed by atoms with E-state index in [9.17, 15) is 18.0 Å². The van der Waals surface area contributed by atoms with Crippen molar-refractivity contribution in [2.24, 2.45) is 5.41 Å². The van der Waals surface area contributed by atoms with Gasteiger partial charge in [0.05, 0.1) is 17.2 Å². The van der Waals surface area contributed by atoms with Crippen LogP contribution in [0.1, 0.15) is 65.9 Å². The third kappa shape index (κ3) is 2.63. The van der Waals surface area contributed by atoms with E-state index < -0.39 is 9.84 Å². The van der Waals surface area contributed by atoms with E-state index in [1.54, 1.807) is 6.07 Å². The summed E-state index contributed by atoms with van der Waals surface area (Å²) in [6.45, 7) is 4.02. The van der Waals surface area contributed by atoms with Gasteiger partial charge in [-0.15, -0.1) is 0 Å². The Balaban J connectivity index is 1.53. The molecule has 1 unspecified atom stereocenters. The van der Waals surface area contributed by atoms with Crippen LogP contribution in [0, 0.1) is 5.41 Å². The number of hydrogen-bond acceptors (Lipinski definition) is 4. The summed E-state index contributed by atoms with van der Waals surface area (Å²) in [5.41, 5.74) is 2.82. The van der Waals surface area contributed by atoms with Gasteiger partial charge >= 0.3 is 0 Å². The molecule has 148 valence electrons. The Morgan fingerprint density at radius 3 is 2.64 bits per heavy atom. The van der Waals surface area contributed by atoms with Crippen molar-refractivity contribution >= 4 is 32.4 Å². The summed E-state index contributed by atoms with van der Waals surface area (Å²) in [7, 11) is -3.04. The zero-order chi connectivity index (χ0) is 19.9. The number of carbonyl (C=O) groups excluding carboxylic acids is 2. The van der Waals surface area contributed by atoms with Crippen LogP contribution in [-0.2, 0) is 15.3 Å². The number of benzene rings is 1. The minimum absolute atomic E-state index is 0.00718. The number of hydrogen-bond donors (Lipinski definition) is 2. The number of ketones is 1. The molecule has 1 saturated carbocycles. The van der Waals surface area contributed by atoms with Crippen LogP contribution in [0.25, 0.3) is 10.9 Å². The topological polar surface area (TPSA) is 96.1 Å². The monoisotopic (exact) mass is 400 g/mol. The molecule has 1 aliphatic heterocycles. The number of aromatic amines is 1. The molecule has 1 amide bonds. The molecule has 5 rings (SSSR count). The van der Waals surface area contributed by atoms with E-state index in [0.717, 1.165) is 35.7 Å². The number of rotatable bonds is 2. The van der Waals surface area contributed by atoms with Crippen molar-refractivity contribution in [2.45, 2.75) is 51.0 Å². The lowest BCUT2D eigenvalue weighted by Crippen LogP contribution is -2.36. The summed E-state index contributed by atoms with van der Waals surface area (Å²) < 4.78 is 23.3. The normalized spacial score (nSPS) is 26.4. The fourth-order valence-corrected chi connectivity index (χ4v) is 6.84. The quantitative estimate of drug-likeness (QED) is 0.810. The minimum atomic E-state index is -3.04. The van der Waals surface area contributed by atoms with Crippen molar-refractivity contribution in [2.75, 3.05) is 11.5 Å². The molecule has 2 N–H and O–H groups in total. The summed E-state index contributed by atoms with van der Waals surface area (Å²) in [6.07, 6.45) is 3.44. The molecular weight excluding hydrogens is 376 g/mol. The van der Waals surface area contributed by atoms with E-state index >= 15 is 0 Å². The third-order valence-electron chi connectivity index (χ3n) is 6.63. The van der Waals surface area contributed by atoms with Crippen LogP contribution in [0.15, 0.2) is 18.2 Å². The zero-order valence-electron chi connectivity index (χ0n) is 16.1. The molecule has 1 atom stereocenters. The van der Waals surface area contributed by atoms with E-state index in [-0.39, 0.29) is 40.1 Å². The van der Waals surface area contributed by atoms with Gasteiger partial charge in [-0.1, -0.05) is 13.8 Å². The third-order valence-corrected chi connectivity index (χ3v) is 8.40. The maximum Gasteiger partial charge on any atom is 0.251 e. The van der Waals surface area contributed by atoms with Gasteiger partial charge in [0.15, 0.2) is 15.6 Å². The van der Waals surface area contributed by atoms with Gasteiger partial charge in [-0.3, -0.25) is 9.59 Å². The van der Waals surface area contributed by atoms with Gasteiger partial charge in [-0.25, -0.2) is 8.42 Å². The van der Waals surface area contributed by atoms with Gasteiger partial charge in [-0.2, -0.15) is 0 Å². The van der Waals surface area contributed by atoms with Gasteiger partial charge in [0, 0.05) is 27.9 Å². The van der Waals surface area contributed by atoms with Gasteiger partial charge in [0.1, 0.15) is 0 Å². The highest BCUT2D eigenvalue weighted by Crippen LogP contribution is 2.61. The predicted molar refractivity (Wildman–Crippen MR) is 106 cm³/mol. The molecule has 7 heteroatoms. The second kappa shape index (κ2) is 5.47. The average molecular weight is 401 g/mol. The lowest BCUT2D eigenvalue weighted by molar-refractivity contribution is 0.0782. The molecule has 6 nitrogen and oxygen atoms in total. The predicted octanol–water partition coefficient (Wildman–Crippen LogP) is 2.73. The highest BCUT2D eigenvalue weighted by Gasteiger charge is 2.56. The first-order valence-corrected chi connectivity index (χ1v) is 11.6. The van der Waals surface area contributed by atoms with Gasteiger partial charge in [0.25, 0.3) is 5.91 Å². The van der Waals surface area contributed by atoms with Crippen LogP contribution >= 0.6 is 0 Å². The Bertz CT molecular complexity index is 1140. The number of aromatic nitrogens is 1. The number of amides is 1. The molecule has 1 aromatic heterocycles. The maximum absolute atomic E-state index is 13.0. The molecule has 0 bridgehead atoms. The Hall–Kier alpha value is -2.15. The molecule has 2 fully saturated rings. The van der Waals surface area contributed by atoms with Crippen molar-refractivity contribution in [3.63, 3.8) is 0 Å². The van der Waals surface area contributed by atoms with Crippen molar-refractivity contribution in [3.8, 4) is 0 Å². The minimum Gasteiger partial charge on any atom is -0.352 e. The van der Waals surface area contributed by atoms with E-state index in [4.69, 9.17) is 0 Å². The molecule has 2 aromatic rings. The number of nitrogens with one attached hydrogen (secondary N) is 2. The van der Waals surface area contributed by atoms with Crippen LogP contribution in [0.3, 0.4) is 0 Å². The van der Waals surface area contributed by atoms with E-state index in [0.29, 0.717) is 17.7 Å². The Labute approximate surface area is 164 Å². The smallest absolute Gasteiger partial charge is 0.251 e. The number of fused-ring (bicyclic) bond motifs is 4. The second-order valence-electron chi connectivity index (χ2n) is 9.38. The van der Waals surface area contributed by atoms with Gasteiger partial charge < -0.3 is 10.3 Å². The molecular formula is C21H24N2O4S. The Morgan fingerprint density at radius 2 is 2.00 bits per heavy atom. The first-order valence-electron chi connectivity index (χ1n) is 9.83. The van der Waals surface area contributed by atoms with Crippen molar-refractivity contribution in [3.05, 3.63) is 35.0 Å². The summed E-state index contributed by atoms with van der Waals surface area (Å²) in [6, 6.07) is 5.11. The van der Waals surface area contributed by atoms with Crippen LogP contribution in [0.5, 0.6) is 0 Å². The number of H-pyrrole nitrogens is 1. The fourth-order valence-electron chi connectivity index (χ4n) is 5.16. The van der Waals surface area contributed by atoms with Crippen LogP contribution in [0.4, 0.5) is 0 Å². The molecule has 1 spiro atoms. The highest BCUT2D eigenvalue weighted by molar-refractivity contribution is 7.91. The van der Waals surface area contributed by atoms with E-state index in [1.807, 2.05) is 26.0 Å². The Morgan fingerprint density at radius 1 is 1.25 bits per heavy atom. The average Bonchev–Trinajstić information content (AvgIpc) is 3.11. The summed E-state index contributed by atoms with van der Waals surface area (Å²) in [5.74, 6) is 0.0142. The zero-order valence-corrected chi connectivity index (χ0v) is 16.9. The molecule has 28 heavy (non-hydrogen) atoms. The summed E-state index contributed by atoms with van der Waals surface area (Å²) >= 11 is 0. The largest absolute Gasteiger partial charge is 0.352 e. The molecule has 0 radical (unpaired) electrons. The molecule has 1 saturated heterocycles. The molecule has 2 aliphatic carbocycles. The van der Waals surface area contributed by atoms with Crippen molar-refractivity contribution < 1.29 is 18.0 Å². The van der Waals surface area contributed by atoms with Crippen molar-refractivity contribution in [1.29, 1.82) is 0 Å². The SMILES string of the molecule is CC1(C)CC2(CC2)c2c([nH]c3ccc(C(=O)NC4CCS(=O)(=O)C4)cc23)C1=O. The maximum atomic E-state index is 13.0. The van der Waals surface area contributed by atoms with Gasteiger partial charge in [-0.05, 0) is 54.9 Å². The Kier molecular flexibility index (Phi) is 3.50. The lowest BCUT2D eigenvalue weighted by atomic mass is 9.68. The molecule has 1 aromatic carbocycles. The van der Waals surface area contributed by atoms with E-state index in [2.05, 4.69) is 10.3 Å².